The molecule has 8 nitrogen and oxygen atoms in total. The van der Waals surface area contributed by atoms with E-state index in [1.165, 1.54) is 0 Å². The third kappa shape index (κ3) is 4.45. The van der Waals surface area contributed by atoms with Crippen molar-refractivity contribution >= 4 is 28.5 Å². The molecule has 0 atom stereocenters. The summed E-state index contributed by atoms with van der Waals surface area (Å²) >= 11 is 0. The lowest BCUT2D eigenvalue weighted by Gasteiger charge is -2.32. The first-order valence-corrected chi connectivity index (χ1v) is 10.5. The number of fused-ring (bicyclic) bond motifs is 1. The molecule has 1 aliphatic heterocycles. The molecular weight excluding hydrogens is 392 g/mol. The molecule has 2 amide bonds. The second-order valence-corrected chi connectivity index (χ2v) is 8.00. The number of imidazole rings is 1. The number of rotatable bonds is 6. The summed E-state index contributed by atoms with van der Waals surface area (Å²) in [6.07, 6.45) is 0. The Bertz CT molecular complexity index is 1090. The second-order valence-electron chi connectivity index (χ2n) is 8.00. The zero-order valence-electron chi connectivity index (χ0n) is 18.0. The minimum Gasteiger partial charge on any atom is -0.363 e. The Kier molecular flexibility index (Phi) is 6.01. The highest BCUT2D eigenvalue weighted by atomic mass is 16.2. The van der Waals surface area contributed by atoms with Gasteiger partial charge in [0.05, 0.1) is 11.0 Å². The van der Waals surface area contributed by atoms with Crippen LogP contribution in [0.25, 0.3) is 11.0 Å². The van der Waals surface area contributed by atoms with Gasteiger partial charge in [-0.15, -0.1) is 0 Å². The van der Waals surface area contributed by atoms with Crippen molar-refractivity contribution in [3.8, 4) is 0 Å². The Morgan fingerprint density at radius 2 is 1.74 bits per heavy atom. The van der Waals surface area contributed by atoms with Crippen LogP contribution in [0.5, 0.6) is 0 Å². The average Bonchev–Trinajstić information content (AvgIpc) is 3.16. The molecule has 4 rings (SSSR count). The van der Waals surface area contributed by atoms with Crippen molar-refractivity contribution in [2.24, 2.45) is 5.73 Å². The zero-order valence-corrected chi connectivity index (χ0v) is 18.0. The molecule has 0 aliphatic carbocycles. The highest BCUT2D eigenvalue weighted by molar-refractivity contribution is 6.06. The lowest BCUT2D eigenvalue weighted by atomic mass is 10.2. The van der Waals surface area contributed by atoms with Crippen molar-refractivity contribution in [3.05, 3.63) is 59.9 Å². The molecule has 0 unspecified atom stereocenters. The number of hydrogen-bond donors (Lipinski definition) is 1. The molecule has 0 radical (unpaired) electrons. The summed E-state index contributed by atoms with van der Waals surface area (Å²) in [4.78, 5) is 35.6. The van der Waals surface area contributed by atoms with Crippen molar-refractivity contribution in [1.29, 1.82) is 0 Å². The molecule has 8 heteroatoms. The number of carbonyl (C=O) groups excluding carboxylic acids is 2. The van der Waals surface area contributed by atoms with Gasteiger partial charge in [0.1, 0.15) is 0 Å². The molecule has 2 aromatic carbocycles. The average molecular weight is 421 g/mol. The van der Waals surface area contributed by atoms with E-state index in [2.05, 4.69) is 21.8 Å². The van der Waals surface area contributed by atoms with Crippen molar-refractivity contribution < 1.29 is 9.59 Å². The van der Waals surface area contributed by atoms with Crippen LogP contribution in [0.4, 0.5) is 5.69 Å². The van der Waals surface area contributed by atoms with E-state index in [9.17, 15) is 9.59 Å². The van der Waals surface area contributed by atoms with Gasteiger partial charge in [-0.25, -0.2) is 4.98 Å². The molecule has 162 valence electrons. The molecule has 31 heavy (non-hydrogen) atoms. The second kappa shape index (κ2) is 8.87. The van der Waals surface area contributed by atoms with E-state index in [1.54, 1.807) is 24.1 Å². The number of piperazine rings is 1. The minimum atomic E-state index is -0.551. The molecule has 0 saturated carbocycles. The van der Waals surface area contributed by atoms with Crippen molar-refractivity contribution in [2.45, 2.75) is 6.54 Å². The van der Waals surface area contributed by atoms with Gasteiger partial charge < -0.3 is 20.1 Å². The lowest BCUT2D eigenvalue weighted by Crippen LogP contribution is -2.45. The highest BCUT2D eigenvalue weighted by Crippen LogP contribution is 2.24. The van der Waals surface area contributed by atoms with E-state index in [0.717, 1.165) is 38.2 Å². The van der Waals surface area contributed by atoms with Gasteiger partial charge in [0.15, 0.2) is 5.82 Å². The SMILES string of the molecule is CN1CCN(CCn2c(C(N)=O)nc3cc(N(C)C(=O)c4ccccc4)ccc32)CC1. The lowest BCUT2D eigenvalue weighted by molar-refractivity contribution is 0.0979. The van der Waals surface area contributed by atoms with Crippen LogP contribution < -0.4 is 10.6 Å². The van der Waals surface area contributed by atoms with Crippen LogP contribution in [0.2, 0.25) is 0 Å². The molecule has 1 aliphatic rings. The smallest absolute Gasteiger partial charge is 0.284 e. The van der Waals surface area contributed by atoms with Gasteiger partial charge in [0, 0.05) is 57.6 Å². The number of benzene rings is 2. The molecule has 0 bridgehead atoms. The maximum Gasteiger partial charge on any atom is 0.284 e. The molecule has 1 aromatic heterocycles. The number of anilines is 1. The standard InChI is InChI=1S/C23H28N6O2/c1-26-10-12-28(13-11-26)14-15-29-20-9-8-18(16-19(20)25-22(29)21(24)30)27(2)23(31)17-6-4-3-5-7-17/h3-9,16H,10-15H2,1-2H3,(H2,24,30). The van der Waals surface area contributed by atoms with E-state index < -0.39 is 5.91 Å². The van der Waals surface area contributed by atoms with E-state index >= 15 is 0 Å². The Morgan fingerprint density at radius 1 is 1.03 bits per heavy atom. The van der Waals surface area contributed by atoms with Crippen molar-refractivity contribution in [3.63, 3.8) is 0 Å². The van der Waals surface area contributed by atoms with Crippen LogP contribution in [0.15, 0.2) is 48.5 Å². The predicted molar refractivity (Wildman–Crippen MR) is 121 cm³/mol. The number of primary amides is 1. The first-order chi connectivity index (χ1) is 14.9. The normalized spacial score (nSPS) is 15.3. The maximum absolute atomic E-state index is 12.8. The fraction of sp³-hybridized carbons (Fsp3) is 0.348. The van der Waals surface area contributed by atoms with Gasteiger partial charge in [0.25, 0.3) is 11.8 Å². The number of carbonyl (C=O) groups is 2. The number of nitrogens with zero attached hydrogens (tertiary/aromatic N) is 5. The summed E-state index contributed by atoms with van der Waals surface area (Å²) in [5.41, 5.74) is 8.43. The first-order valence-electron chi connectivity index (χ1n) is 10.5. The molecular formula is C23H28N6O2. The minimum absolute atomic E-state index is 0.107. The number of amides is 2. The Hall–Kier alpha value is -3.23. The molecule has 2 N–H and O–H groups in total. The zero-order chi connectivity index (χ0) is 22.0. The van der Waals surface area contributed by atoms with E-state index in [0.29, 0.717) is 23.3 Å². The number of likely N-dealkylation sites (N-methyl/N-ethyl adjacent to an activating group) is 1. The number of hydrogen-bond acceptors (Lipinski definition) is 5. The third-order valence-corrected chi connectivity index (χ3v) is 5.90. The highest BCUT2D eigenvalue weighted by Gasteiger charge is 2.20. The Balaban J connectivity index is 1.58. The molecule has 1 saturated heterocycles. The van der Waals surface area contributed by atoms with Crippen LogP contribution >= 0.6 is 0 Å². The van der Waals surface area contributed by atoms with Crippen LogP contribution in [-0.4, -0.2) is 78.0 Å². The number of aromatic nitrogens is 2. The summed E-state index contributed by atoms with van der Waals surface area (Å²) in [6.45, 7) is 5.55. The summed E-state index contributed by atoms with van der Waals surface area (Å²) in [5, 5.41) is 0. The van der Waals surface area contributed by atoms with E-state index in [4.69, 9.17) is 5.73 Å². The van der Waals surface area contributed by atoms with Crippen molar-refractivity contribution in [2.75, 3.05) is 51.7 Å². The number of nitrogens with two attached hydrogens (primary N) is 1. The van der Waals surface area contributed by atoms with Crippen molar-refractivity contribution in [1.82, 2.24) is 19.4 Å². The molecule has 0 spiro atoms. The van der Waals surface area contributed by atoms with Gasteiger partial charge in [-0.2, -0.15) is 0 Å². The summed E-state index contributed by atoms with van der Waals surface area (Å²) in [7, 11) is 3.86. The Morgan fingerprint density at radius 3 is 2.42 bits per heavy atom. The van der Waals surface area contributed by atoms with E-state index in [1.807, 2.05) is 41.0 Å². The van der Waals surface area contributed by atoms with Gasteiger partial charge >= 0.3 is 0 Å². The van der Waals surface area contributed by atoms with Crippen LogP contribution in [0.1, 0.15) is 21.0 Å². The molecule has 1 fully saturated rings. The van der Waals surface area contributed by atoms with Crippen LogP contribution in [-0.2, 0) is 6.54 Å². The molecule has 3 aromatic rings. The molecule has 2 heterocycles. The fourth-order valence-electron chi connectivity index (χ4n) is 3.95. The fourth-order valence-corrected chi connectivity index (χ4v) is 3.95. The van der Waals surface area contributed by atoms with E-state index in [-0.39, 0.29) is 11.7 Å². The summed E-state index contributed by atoms with van der Waals surface area (Å²) in [5.74, 6) is -0.410. The van der Waals surface area contributed by atoms with Gasteiger partial charge in [-0.05, 0) is 37.4 Å². The largest absolute Gasteiger partial charge is 0.363 e. The summed E-state index contributed by atoms with van der Waals surface area (Å²) in [6, 6.07) is 14.7. The predicted octanol–water partition coefficient (Wildman–Crippen LogP) is 1.66. The van der Waals surface area contributed by atoms with Crippen LogP contribution in [0, 0.1) is 0 Å². The van der Waals surface area contributed by atoms with Gasteiger partial charge in [-0.1, -0.05) is 18.2 Å². The third-order valence-electron chi connectivity index (χ3n) is 5.90. The maximum atomic E-state index is 12.8. The topological polar surface area (TPSA) is 87.7 Å². The summed E-state index contributed by atoms with van der Waals surface area (Å²) < 4.78 is 1.89. The monoisotopic (exact) mass is 420 g/mol. The first kappa shape index (κ1) is 21.0. The quantitative estimate of drug-likeness (QED) is 0.655. The van der Waals surface area contributed by atoms with Crippen LogP contribution in [0.3, 0.4) is 0 Å². The Labute approximate surface area is 181 Å². The van der Waals surface area contributed by atoms with Gasteiger partial charge in [0.2, 0.25) is 0 Å². The van der Waals surface area contributed by atoms with Gasteiger partial charge in [-0.3, -0.25) is 14.5 Å².